The molecule has 1 unspecified atom stereocenters. The normalized spacial score (nSPS) is 20.4. The maximum Gasteiger partial charge on any atom is 0.253 e. The number of piperidine rings is 1. The first-order valence-corrected chi connectivity index (χ1v) is 11.9. The van der Waals surface area contributed by atoms with Crippen LogP contribution in [0.15, 0.2) is 36.7 Å². The van der Waals surface area contributed by atoms with Crippen molar-refractivity contribution in [1.82, 2.24) is 14.9 Å². The van der Waals surface area contributed by atoms with Crippen molar-refractivity contribution in [1.29, 1.82) is 0 Å². The van der Waals surface area contributed by atoms with Gasteiger partial charge in [0.25, 0.3) is 5.91 Å². The molecule has 2 fully saturated rings. The Morgan fingerprint density at radius 1 is 1.18 bits per heavy atom. The lowest BCUT2D eigenvalue weighted by Crippen LogP contribution is -2.61. The summed E-state index contributed by atoms with van der Waals surface area (Å²) < 4.78 is 17.6. The average molecular weight is 469 g/mol. The summed E-state index contributed by atoms with van der Waals surface area (Å²) >= 11 is 0. The third-order valence-electron chi connectivity index (χ3n) is 6.73. The third-order valence-corrected chi connectivity index (χ3v) is 6.73. The highest BCUT2D eigenvalue weighted by Crippen LogP contribution is 2.35. The molecular weight excluding hydrogens is 432 g/mol. The SMILES string of the molecule is COCC1CN(c2ncccn2)CC2(CCN(C(=O)c3ccc(C(C)(C)C)c(OC)c3)CC2)O1. The Bertz CT molecular complexity index is 984. The fourth-order valence-corrected chi connectivity index (χ4v) is 4.99. The molecule has 1 amide bonds. The maximum absolute atomic E-state index is 13.3. The van der Waals surface area contributed by atoms with Crippen molar-refractivity contribution in [3.63, 3.8) is 0 Å². The molecule has 0 aliphatic carbocycles. The Morgan fingerprint density at radius 3 is 2.50 bits per heavy atom. The lowest BCUT2D eigenvalue weighted by molar-refractivity contribution is -0.145. The van der Waals surface area contributed by atoms with E-state index in [0.29, 0.717) is 44.3 Å². The van der Waals surface area contributed by atoms with Gasteiger partial charge in [-0.15, -0.1) is 0 Å². The van der Waals surface area contributed by atoms with E-state index in [1.54, 1.807) is 26.6 Å². The second kappa shape index (κ2) is 9.88. The van der Waals surface area contributed by atoms with Crippen LogP contribution in [-0.2, 0) is 14.9 Å². The molecule has 1 aromatic carbocycles. The molecule has 2 aliphatic heterocycles. The van der Waals surface area contributed by atoms with Gasteiger partial charge in [0.2, 0.25) is 5.95 Å². The first-order valence-electron chi connectivity index (χ1n) is 11.9. The van der Waals surface area contributed by atoms with Crippen molar-refractivity contribution in [3.8, 4) is 5.75 Å². The average Bonchev–Trinajstić information content (AvgIpc) is 2.83. The van der Waals surface area contributed by atoms with Gasteiger partial charge in [0.15, 0.2) is 0 Å². The molecule has 0 bridgehead atoms. The number of benzene rings is 1. The summed E-state index contributed by atoms with van der Waals surface area (Å²) in [4.78, 5) is 26.3. The van der Waals surface area contributed by atoms with Crippen molar-refractivity contribution in [2.75, 3.05) is 51.9 Å². The molecule has 0 radical (unpaired) electrons. The largest absolute Gasteiger partial charge is 0.496 e. The van der Waals surface area contributed by atoms with Crippen LogP contribution >= 0.6 is 0 Å². The van der Waals surface area contributed by atoms with E-state index in [0.717, 1.165) is 24.2 Å². The molecule has 1 aromatic heterocycles. The summed E-state index contributed by atoms with van der Waals surface area (Å²) in [6, 6.07) is 7.61. The molecule has 8 nitrogen and oxygen atoms in total. The van der Waals surface area contributed by atoms with Gasteiger partial charge in [-0.25, -0.2) is 9.97 Å². The molecule has 2 saturated heterocycles. The monoisotopic (exact) mass is 468 g/mol. The van der Waals surface area contributed by atoms with Crippen LogP contribution in [0.1, 0.15) is 49.5 Å². The van der Waals surface area contributed by atoms with E-state index < -0.39 is 0 Å². The molecule has 4 rings (SSSR count). The van der Waals surface area contributed by atoms with Gasteiger partial charge in [-0.05, 0) is 42.0 Å². The van der Waals surface area contributed by atoms with Gasteiger partial charge in [-0.3, -0.25) is 4.79 Å². The van der Waals surface area contributed by atoms with Gasteiger partial charge >= 0.3 is 0 Å². The van der Waals surface area contributed by atoms with E-state index in [2.05, 4.69) is 35.6 Å². The Morgan fingerprint density at radius 2 is 1.88 bits per heavy atom. The zero-order chi connectivity index (χ0) is 24.3. The summed E-state index contributed by atoms with van der Waals surface area (Å²) in [5.74, 6) is 1.49. The predicted octanol–water partition coefficient (Wildman–Crippen LogP) is 3.31. The molecule has 0 N–H and O–H groups in total. The molecule has 3 heterocycles. The smallest absolute Gasteiger partial charge is 0.253 e. The van der Waals surface area contributed by atoms with E-state index in [9.17, 15) is 4.79 Å². The maximum atomic E-state index is 13.3. The summed E-state index contributed by atoms with van der Waals surface area (Å²) in [5, 5.41) is 0. The number of nitrogens with zero attached hydrogens (tertiary/aromatic N) is 4. The van der Waals surface area contributed by atoms with Crippen molar-refractivity contribution < 1.29 is 19.0 Å². The number of carbonyl (C=O) groups excluding carboxylic acids is 1. The number of ether oxygens (including phenoxy) is 3. The molecule has 184 valence electrons. The third kappa shape index (κ3) is 5.18. The highest BCUT2D eigenvalue weighted by atomic mass is 16.5. The van der Waals surface area contributed by atoms with Crippen LogP contribution in [0.4, 0.5) is 5.95 Å². The summed E-state index contributed by atoms with van der Waals surface area (Å²) in [6.45, 7) is 9.57. The van der Waals surface area contributed by atoms with E-state index >= 15 is 0 Å². The van der Waals surface area contributed by atoms with E-state index in [4.69, 9.17) is 14.2 Å². The lowest BCUT2D eigenvalue weighted by Gasteiger charge is -2.49. The topological polar surface area (TPSA) is 77.0 Å². The molecule has 2 aliphatic rings. The van der Waals surface area contributed by atoms with Crippen LogP contribution in [0.5, 0.6) is 5.75 Å². The number of likely N-dealkylation sites (tertiary alicyclic amines) is 1. The summed E-state index contributed by atoms with van der Waals surface area (Å²) in [5.41, 5.74) is 1.33. The van der Waals surface area contributed by atoms with Gasteiger partial charge in [0.05, 0.1) is 32.0 Å². The first kappa shape index (κ1) is 24.4. The Balaban J connectivity index is 1.47. The fourth-order valence-electron chi connectivity index (χ4n) is 4.99. The molecular formula is C26H36N4O4. The van der Waals surface area contributed by atoms with Crippen molar-refractivity contribution in [2.24, 2.45) is 0 Å². The molecule has 34 heavy (non-hydrogen) atoms. The number of carbonyl (C=O) groups is 1. The minimum atomic E-state index is -0.356. The van der Waals surface area contributed by atoms with E-state index in [-0.39, 0.29) is 23.0 Å². The van der Waals surface area contributed by atoms with Crippen molar-refractivity contribution in [2.45, 2.75) is 50.7 Å². The summed E-state index contributed by atoms with van der Waals surface area (Å²) in [6.07, 6.45) is 4.95. The Labute approximate surface area is 202 Å². The van der Waals surface area contributed by atoms with Gasteiger partial charge in [-0.2, -0.15) is 0 Å². The number of hydrogen-bond donors (Lipinski definition) is 0. The van der Waals surface area contributed by atoms with E-state index in [1.807, 2.05) is 29.2 Å². The van der Waals surface area contributed by atoms with Gasteiger partial charge < -0.3 is 24.0 Å². The quantitative estimate of drug-likeness (QED) is 0.666. The molecule has 0 saturated carbocycles. The van der Waals surface area contributed by atoms with Crippen LogP contribution in [0.2, 0.25) is 0 Å². The van der Waals surface area contributed by atoms with Crippen LogP contribution in [0.25, 0.3) is 0 Å². The lowest BCUT2D eigenvalue weighted by atomic mass is 9.85. The number of amides is 1. The number of rotatable bonds is 5. The van der Waals surface area contributed by atoms with Gasteiger partial charge in [-0.1, -0.05) is 26.8 Å². The zero-order valence-corrected chi connectivity index (χ0v) is 20.9. The second-order valence-corrected chi connectivity index (χ2v) is 10.3. The number of methoxy groups -OCH3 is 2. The van der Waals surface area contributed by atoms with Crippen molar-refractivity contribution >= 4 is 11.9 Å². The van der Waals surface area contributed by atoms with Crippen molar-refractivity contribution in [3.05, 3.63) is 47.8 Å². The molecule has 2 aromatic rings. The second-order valence-electron chi connectivity index (χ2n) is 10.3. The Kier molecular flexibility index (Phi) is 7.09. The number of hydrogen-bond acceptors (Lipinski definition) is 7. The van der Waals surface area contributed by atoms with Gasteiger partial charge in [0.1, 0.15) is 5.75 Å². The standard InChI is InChI=1S/C26H36N4O4/c1-25(2,3)21-8-7-19(15-22(21)33-5)23(31)29-13-9-26(10-14-29)18-30(16-20(34-26)17-32-4)24-27-11-6-12-28-24/h6-8,11-12,15,20H,9-10,13-14,16-18H2,1-5H3. The molecule has 1 atom stereocenters. The molecule has 8 heteroatoms. The minimum absolute atomic E-state index is 0.0288. The Hall–Kier alpha value is -2.71. The number of morpholine rings is 1. The number of anilines is 1. The highest BCUT2D eigenvalue weighted by molar-refractivity contribution is 5.95. The minimum Gasteiger partial charge on any atom is -0.496 e. The fraction of sp³-hybridized carbons (Fsp3) is 0.577. The van der Waals surface area contributed by atoms with E-state index in [1.165, 1.54) is 0 Å². The first-order chi connectivity index (χ1) is 16.2. The van der Waals surface area contributed by atoms with Gasteiger partial charge in [0, 0.05) is 44.7 Å². The summed E-state index contributed by atoms with van der Waals surface area (Å²) in [7, 11) is 3.34. The number of aromatic nitrogens is 2. The molecule has 1 spiro atoms. The van der Waals surface area contributed by atoms with Crippen LogP contribution in [0, 0.1) is 0 Å². The highest BCUT2D eigenvalue weighted by Gasteiger charge is 2.44. The van der Waals surface area contributed by atoms with Crippen LogP contribution in [0.3, 0.4) is 0 Å². The predicted molar refractivity (Wildman–Crippen MR) is 131 cm³/mol. The van der Waals surface area contributed by atoms with Crippen LogP contribution in [-0.4, -0.2) is 79.5 Å². The van der Waals surface area contributed by atoms with Crippen LogP contribution < -0.4 is 9.64 Å². The zero-order valence-electron chi connectivity index (χ0n) is 20.9.